The minimum absolute atomic E-state index is 0.0464. The predicted octanol–water partition coefficient (Wildman–Crippen LogP) is 7.41. The van der Waals surface area contributed by atoms with Gasteiger partial charge in [-0.05, 0) is 67.9 Å². The van der Waals surface area contributed by atoms with Crippen molar-refractivity contribution in [3.63, 3.8) is 0 Å². The quantitative estimate of drug-likeness (QED) is 0.200. The number of hydrogen-bond donors (Lipinski definition) is 1. The van der Waals surface area contributed by atoms with Crippen LogP contribution in [-0.2, 0) is 17.3 Å². The third kappa shape index (κ3) is 7.01. The summed E-state index contributed by atoms with van der Waals surface area (Å²) in [6.07, 6.45) is 1.85. The van der Waals surface area contributed by atoms with E-state index in [9.17, 15) is 18.3 Å². The molecule has 35 heavy (non-hydrogen) atoms. The molecule has 0 bridgehead atoms. The van der Waals surface area contributed by atoms with E-state index in [4.69, 9.17) is 13.9 Å². The summed E-state index contributed by atoms with van der Waals surface area (Å²) < 4.78 is 58.5. The Morgan fingerprint density at radius 3 is 2.63 bits per heavy atom. The molecule has 190 valence electrons. The standard InChI is InChI=1S/C28H33F3O4/c1-2-3-4-6-19-8-11-24(25(14-19)28(29,30)31)27-15-21-9-10-22(16-26(21)35-27)33-12-5-7-20(17-32)13-23-18-34-23/h8-11,14-16,20,23,32H,2-7,12-13,17-18H2,1H3. The van der Waals surface area contributed by atoms with Crippen LogP contribution in [0.25, 0.3) is 22.3 Å². The molecule has 1 N–H and O–H groups in total. The molecule has 2 heterocycles. The zero-order valence-electron chi connectivity index (χ0n) is 20.1. The number of alkyl halides is 3. The average molecular weight is 491 g/mol. The molecule has 2 unspecified atom stereocenters. The number of rotatable bonds is 13. The number of aryl methyl sites for hydroxylation is 1. The summed E-state index contributed by atoms with van der Waals surface area (Å²) in [5.41, 5.74) is 0.549. The van der Waals surface area contributed by atoms with Crippen LogP contribution < -0.4 is 4.74 Å². The lowest BCUT2D eigenvalue weighted by molar-refractivity contribution is -0.137. The third-order valence-electron chi connectivity index (χ3n) is 6.50. The number of benzene rings is 2. The highest BCUT2D eigenvalue weighted by atomic mass is 19.4. The number of unbranched alkanes of at least 4 members (excludes halogenated alkanes) is 2. The maximum Gasteiger partial charge on any atom is 0.417 e. The Kier molecular flexibility index (Phi) is 8.39. The van der Waals surface area contributed by atoms with Crippen molar-refractivity contribution in [1.29, 1.82) is 0 Å². The van der Waals surface area contributed by atoms with E-state index in [0.717, 1.165) is 50.5 Å². The molecule has 1 aliphatic heterocycles. The maximum atomic E-state index is 13.9. The highest BCUT2D eigenvalue weighted by molar-refractivity contribution is 5.84. The fourth-order valence-electron chi connectivity index (χ4n) is 4.43. The Balaban J connectivity index is 1.44. The van der Waals surface area contributed by atoms with Crippen LogP contribution in [0.1, 0.15) is 56.6 Å². The number of ether oxygens (including phenoxy) is 2. The molecule has 1 fully saturated rings. The molecule has 0 radical (unpaired) electrons. The van der Waals surface area contributed by atoms with Gasteiger partial charge >= 0.3 is 6.18 Å². The molecule has 2 aromatic carbocycles. The summed E-state index contributed by atoms with van der Waals surface area (Å²) in [5.74, 6) is 1.01. The second kappa shape index (κ2) is 11.5. The summed E-state index contributed by atoms with van der Waals surface area (Å²) in [6, 6.07) is 11.5. The van der Waals surface area contributed by atoms with E-state index in [2.05, 4.69) is 6.92 Å². The summed E-state index contributed by atoms with van der Waals surface area (Å²) in [5, 5.41) is 10.2. The molecule has 4 nitrogen and oxygen atoms in total. The van der Waals surface area contributed by atoms with Gasteiger partial charge in [0.15, 0.2) is 0 Å². The van der Waals surface area contributed by atoms with Gasteiger partial charge in [0.25, 0.3) is 0 Å². The summed E-state index contributed by atoms with van der Waals surface area (Å²) >= 11 is 0. The van der Waals surface area contributed by atoms with Crippen LogP contribution in [0.5, 0.6) is 5.75 Å². The maximum absolute atomic E-state index is 13.9. The van der Waals surface area contributed by atoms with Crippen molar-refractivity contribution in [2.24, 2.45) is 5.92 Å². The molecule has 0 spiro atoms. The molecule has 1 aromatic heterocycles. The van der Waals surface area contributed by atoms with Crippen LogP contribution in [-0.4, -0.2) is 31.0 Å². The lowest BCUT2D eigenvalue weighted by atomic mass is 9.98. The first kappa shape index (κ1) is 25.6. The Hall–Kier alpha value is -2.51. The summed E-state index contributed by atoms with van der Waals surface area (Å²) in [4.78, 5) is 0. The number of aliphatic hydroxyl groups excluding tert-OH is 1. The first-order valence-corrected chi connectivity index (χ1v) is 12.5. The number of furan rings is 1. The van der Waals surface area contributed by atoms with E-state index in [1.807, 2.05) is 0 Å². The molecule has 4 rings (SSSR count). The van der Waals surface area contributed by atoms with Gasteiger partial charge in [0.05, 0.1) is 24.9 Å². The molecule has 1 aliphatic rings. The van der Waals surface area contributed by atoms with Crippen molar-refractivity contribution in [2.75, 3.05) is 19.8 Å². The van der Waals surface area contributed by atoms with Crippen LogP contribution in [0, 0.1) is 5.92 Å². The van der Waals surface area contributed by atoms with Crippen molar-refractivity contribution in [3.8, 4) is 17.1 Å². The Bertz CT molecular complexity index is 1100. The second-order valence-electron chi connectivity index (χ2n) is 9.38. The largest absolute Gasteiger partial charge is 0.493 e. The van der Waals surface area contributed by atoms with E-state index >= 15 is 0 Å². The fraction of sp³-hybridized carbons (Fsp3) is 0.500. The minimum Gasteiger partial charge on any atom is -0.493 e. The van der Waals surface area contributed by atoms with Gasteiger partial charge in [-0.2, -0.15) is 13.2 Å². The van der Waals surface area contributed by atoms with Gasteiger partial charge in [-0.15, -0.1) is 0 Å². The average Bonchev–Trinajstić information content (AvgIpc) is 3.56. The fourth-order valence-corrected chi connectivity index (χ4v) is 4.43. The van der Waals surface area contributed by atoms with Crippen LogP contribution in [0.3, 0.4) is 0 Å². The van der Waals surface area contributed by atoms with E-state index in [0.29, 0.717) is 36.0 Å². The number of fused-ring (bicyclic) bond motifs is 1. The number of epoxide rings is 1. The van der Waals surface area contributed by atoms with Crippen molar-refractivity contribution >= 4 is 11.0 Å². The Morgan fingerprint density at radius 1 is 1.09 bits per heavy atom. The number of halogens is 3. The van der Waals surface area contributed by atoms with Crippen molar-refractivity contribution in [2.45, 2.75) is 64.1 Å². The Morgan fingerprint density at radius 2 is 1.91 bits per heavy atom. The van der Waals surface area contributed by atoms with Gasteiger partial charge in [-0.1, -0.05) is 31.9 Å². The molecule has 0 amide bonds. The first-order valence-electron chi connectivity index (χ1n) is 12.5. The predicted molar refractivity (Wildman–Crippen MR) is 130 cm³/mol. The summed E-state index contributed by atoms with van der Waals surface area (Å²) in [6.45, 7) is 3.48. The van der Waals surface area contributed by atoms with Crippen LogP contribution in [0.4, 0.5) is 13.2 Å². The smallest absolute Gasteiger partial charge is 0.417 e. The van der Waals surface area contributed by atoms with E-state index in [1.165, 1.54) is 12.1 Å². The molecule has 0 aliphatic carbocycles. The lowest BCUT2D eigenvalue weighted by Crippen LogP contribution is -2.11. The van der Waals surface area contributed by atoms with Gasteiger partial charge in [-0.25, -0.2) is 0 Å². The molecule has 3 aromatic rings. The van der Waals surface area contributed by atoms with Gasteiger partial charge in [-0.3, -0.25) is 0 Å². The molecule has 2 atom stereocenters. The van der Waals surface area contributed by atoms with Gasteiger partial charge in [0.2, 0.25) is 0 Å². The van der Waals surface area contributed by atoms with Crippen LogP contribution in [0.15, 0.2) is 46.9 Å². The van der Waals surface area contributed by atoms with Crippen molar-refractivity contribution in [1.82, 2.24) is 0 Å². The first-order chi connectivity index (χ1) is 16.9. The van der Waals surface area contributed by atoms with Crippen LogP contribution >= 0.6 is 0 Å². The zero-order chi connectivity index (χ0) is 24.8. The molecular formula is C28H33F3O4. The second-order valence-corrected chi connectivity index (χ2v) is 9.38. The molecule has 0 saturated carbocycles. The van der Waals surface area contributed by atoms with Crippen LogP contribution in [0.2, 0.25) is 0 Å². The zero-order valence-corrected chi connectivity index (χ0v) is 20.1. The van der Waals surface area contributed by atoms with Crippen molar-refractivity contribution < 1.29 is 32.2 Å². The highest BCUT2D eigenvalue weighted by Crippen LogP contribution is 2.40. The molecular weight excluding hydrogens is 457 g/mol. The summed E-state index contributed by atoms with van der Waals surface area (Å²) in [7, 11) is 0. The number of hydrogen-bond acceptors (Lipinski definition) is 4. The van der Waals surface area contributed by atoms with Gasteiger partial charge < -0.3 is 19.0 Å². The molecule has 1 saturated heterocycles. The monoisotopic (exact) mass is 490 g/mol. The highest BCUT2D eigenvalue weighted by Gasteiger charge is 2.35. The topological polar surface area (TPSA) is 55.1 Å². The third-order valence-corrected chi connectivity index (χ3v) is 6.50. The van der Waals surface area contributed by atoms with E-state index in [1.54, 1.807) is 30.3 Å². The van der Waals surface area contributed by atoms with E-state index in [-0.39, 0.29) is 23.8 Å². The lowest BCUT2D eigenvalue weighted by Gasteiger charge is -2.13. The SMILES string of the molecule is CCCCCc1ccc(-c2cc3ccc(OCCCC(CO)CC4CO4)cc3o2)c(C(F)(F)F)c1. The minimum atomic E-state index is -4.47. The van der Waals surface area contributed by atoms with Gasteiger partial charge in [0.1, 0.15) is 17.1 Å². The normalized spacial score (nSPS) is 16.5. The van der Waals surface area contributed by atoms with E-state index < -0.39 is 11.7 Å². The Labute approximate surface area is 204 Å². The number of aliphatic hydroxyl groups is 1. The molecule has 7 heteroatoms. The van der Waals surface area contributed by atoms with Crippen molar-refractivity contribution in [3.05, 3.63) is 53.6 Å². The van der Waals surface area contributed by atoms with Gasteiger partial charge in [0, 0.05) is 23.6 Å².